The van der Waals surface area contributed by atoms with Gasteiger partial charge in [-0.25, -0.2) is 0 Å². The lowest BCUT2D eigenvalue weighted by Crippen LogP contribution is -2.66. The summed E-state index contributed by atoms with van der Waals surface area (Å²) in [5.41, 5.74) is 4.66. The first kappa shape index (κ1) is 44.5. The second-order valence-corrected chi connectivity index (χ2v) is 15.0. The highest BCUT2D eigenvalue weighted by Crippen LogP contribution is 2.36. The Morgan fingerprint density at radius 3 is 1.08 bits per heavy atom. The van der Waals surface area contributed by atoms with E-state index in [9.17, 15) is 10.2 Å². The molecule has 0 aliphatic carbocycles. The minimum atomic E-state index is -1.18. The number of hydrogen-bond donors (Lipinski definition) is 2. The second kappa shape index (κ2) is 23.6. The summed E-state index contributed by atoms with van der Waals surface area (Å²) in [5, 5.41) is 22.0. The van der Waals surface area contributed by atoms with Crippen molar-refractivity contribution in [2.45, 2.75) is 94.4 Å². The summed E-state index contributed by atoms with van der Waals surface area (Å²) < 4.78 is 60.0. The van der Waals surface area contributed by atoms with Crippen LogP contribution in [0.2, 0.25) is 0 Å². The molecular formula is C50H56O11. The lowest BCUT2D eigenvalue weighted by Gasteiger charge is -2.50. The number of rotatable bonds is 22. The van der Waals surface area contributed by atoms with Gasteiger partial charge in [-0.2, -0.15) is 0 Å². The van der Waals surface area contributed by atoms with Gasteiger partial charge in [0.25, 0.3) is 0 Å². The van der Waals surface area contributed by atoms with Crippen LogP contribution < -0.4 is 0 Å². The molecular weight excluding hydrogens is 777 g/mol. The zero-order chi connectivity index (χ0) is 42.1. The molecule has 0 saturated carbocycles. The fourth-order valence-corrected chi connectivity index (χ4v) is 7.54. The lowest BCUT2D eigenvalue weighted by atomic mass is 9.95. The molecule has 2 saturated heterocycles. The Morgan fingerprint density at radius 2 is 0.705 bits per heavy atom. The van der Waals surface area contributed by atoms with Crippen molar-refractivity contribution in [3.05, 3.63) is 192 Å². The van der Waals surface area contributed by atoms with Crippen LogP contribution >= 0.6 is 0 Å². The molecule has 1 unspecified atom stereocenters. The van der Waals surface area contributed by atoms with E-state index < -0.39 is 74.6 Å². The van der Waals surface area contributed by atoms with Gasteiger partial charge in [-0.3, -0.25) is 0 Å². The smallest absolute Gasteiger partial charge is 0.187 e. The van der Waals surface area contributed by atoms with Crippen LogP contribution in [0.4, 0.5) is 0 Å². The Labute approximate surface area is 358 Å². The van der Waals surface area contributed by atoms with Gasteiger partial charge in [-0.15, -0.1) is 6.58 Å². The quantitative estimate of drug-likeness (QED) is 0.0706. The van der Waals surface area contributed by atoms with E-state index in [1.54, 1.807) is 6.08 Å². The largest absolute Gasteiger partial charge is 0.394 e. The van der Waals surface area contributed by atoms with Crippen molar-refractivity contribution in [2.75, 3.05) is 19.8 Å². The maximum atomic E-state index is 11.0. The van der Waals surface area contributed by atoms with Gasteiger partial charge < -0.3 is 52.8 Å². The van der Waals surface area contributed by atoms with Crippen LogP contribution in [0.3, 0.4) is 0 Å². The third-order valence-electron chi connectivity index (χ3n) is 10.6. The van der Waals surface area contributed by atoms with Crippen molar-refractivity contribution in [2.24, 2.45) is 0 Å². The van der Waals surface area contributed by atoms with Crippen molar-refractivity contribution in [3.63, 3.8) is 0 Å². The highest BCUT2D eigenvalue weighted by Gasteiger charge is 2.54. The zero-order valence-electron chi connectivity index (χ0n) is 34.2. The molecule has 0 bridgehead atoms. The van der Waals surface area contributed by atoms with E-state index in [1.807, 2.05) is 152 Å². The summed E-state index contributed by atoms with van der Waals surface area (Å²) in [6.07, 6.45) is -7.59. The van der Waals surface area contributed by atoms with Crippen LogP contribution in [0.15, 0.2) is 164 Å². The number of aliphatic hydroxyl groups is 2. The Bertz CT molecular complexity index is 1960. The molecule has 322 valence electrons. The fraction of sp³-hybridized carbons (Fsp3) is 0.360. The van der Waals surface area contributed by atoms with E-state index in [4.69, 9.17) is 42.6 Å². The van der Waals surface area contributed by atoms with Crippen molar-refractivity contribution in [3.8, 4) is 0 Å². The first-order valence-corrected chi connectivity index (χ1v) is 20.8. The molecule has 2 N–H and O–H groups in total. The zero-order valence-corrected chi connectivity index (χ0v) is 34.2. The normalized spacial score (nSPS) is 26.5. The Kier molecular flexibility index (Phi) is 17.2. The van der Waals surface area contributed by atoms with E-state index >= 15 is 0 Å². The Morgan fingerprint density at radius 1 is 0.393 bits per heavy atom. The van der Waals surface area contributed by atoms with E-state index in [-0.39, 0.29) is 39.6 Å². The van der Waals surface area contributed by atoms with E-state index in [0.29, 0.717) is 0 Å². The molecule has 7 rings (SSSR count). The minimum absolute atomic E-state index is 0.162. The van der Waals surface area contributed by atoms with Crippen LogP contribution in [0, 0.1) is 0 Å². The van der Waals surface area contributed by atoms with Crippen molar-refractivity contribution in [1.29, 1.82) is 0 Å². The molecule has 11 nitrogen and oxygen atoms in total. The number of benzene rings is 5. The van der Waals surface area contributed by atoms with Gasteiger partial charge in [-0.1, -0.05) is 158 Å². The summed E-state index contributed by atoms with van der Waals surface area (Å²) in [6, 6.07) is 48.9. The molecule has 2 aliphatic rings. The van der Waals surface area contributed by atoms with E-state index in [2.05, 4.69) is 6.58 Å². The molecule has 0 radical (unpaired) electrons. The monoisotopic (exact) mass is 832 g/mol. The van der Waals surface area contributed by atoms with Crippen molar-refractivity contribution >= 4 is 0 Å². The SMILES string of the molecule is C=CCOC1O[C@H](CO)[C@@H](O[C@@H]2O[C@H](CO)[C@@H](OCc3ccccc3)[C@H](OCc3ccccc3)[C@H]2OCc2ccccc2)[C@H](OCc2ccccc2)[C@H]1OCc1ccccc1. The Hall–Kier alpha value is -4.60. The maximum Gasteiger partial charge on any atom is 0.187 e. The summed E-state index contributed by atoms with van der Waals surface area (Å²) in [4.78, 5) is 0. The summed E-state index contributed by atoms with van der Waals surface area (Å²) in [6.45, 7) is 4.19. The second-order valence-electron chi connectivity index (χ2n) is 15.0. The summed E-state index contributed by atoms with van der Waals surface area (Å²) in [7, 11) is 0. The third-order valence-corrected chi connectivity index (χ3v) is 10.6. The third kappa shape index (κ3) is 12.5. The first-order valence-electron chi connectivity index (χ1n) is 20.8. The van der Waals surface area contributed by atoms with Crippen LogP contribution in [0.5, 0.6) is 0 Å². The number of ether oxygens (including phenoxy) is 9. The van der Waals surface area contributed by atoms with Gasteiger partial charge in [0.1, 0.15) is 48.8 Å². The molecule has 10 atom stereocenters. The molecule has 0 amide bonds. The molecule has 0 spiro atoms. The van der Waals surface area contributed by atoms with Gasteiger partial charge in [0, 0.05) is 0 Å². The minimum Gasteiger partial charge on any atom is -0.394 e. The van der Waals surface area contributed by atoms with Gasteiger partial charge in [0.05, 0.1) is 52.9 Å². The molecule has 2 heterocycles. The highest BCUT2D eigenvalue weighted by atomic mass is 16.8. The maximum absolute atomic E-state index is 11.0. The van der Waals surface area contributed by atoms with Gasteiger partial charge in [0.2, 0.25) is 0 Å². The number of aliphatic hydroxyl groups excluding tert-OH is 2. The van der Waals surface area contributed by atoms with Crippen LogP contribution in [0.25, 0.3) is 0 Å². The standard InChI is InChI=1S/C50H56O11/c1-2-28-53-49-47(57-34-39-24-14-6-15-25-39)46(56-33-38-22-12-5-13-23-38)44(42(30-52)59-49)61-50-48(58-35-40-26-16-7-17-27-40)45(55-32-37-20-10-4-11-21-37)43(41(29-51)60-50)54-31-36-18-8-3-9-19-36/h2-27,41-52H,1,28-35H2/t41-,42-,43-,44-,45+,46+,47-,48-,49?,50+/m1/s1. The molecule has 5 aromatic rings. The summed E-state index contributed by atoms with van der Waals surface area (Å²) in [5.74, 6) is 0. The molecule has 5 aromatic carbocycles. The highest BCUT2D eigenvalue weighted by molar-refractivity contribution is 5.17. The topological polar surface area (TPSA) is 124 Å². The molecule has 61 heavy (non-hydrogen) atoms. The molecule has 11 heteroatoms. The van der Waals surface area contributed by atoms with E-state index in [0.717, 1.165) is 27.8 Å². The van der Waals surface area contributed by atoms with Gasteiger partial charge in [0.15, 0.2) is 12.6 Å². The fourth-order valence-electron chi connectivity index (χ4n) is 7.54. The average molecular weight is 833 g/mol. The molecule has 2 fully saturated rings. The van der Waals surface area contributed by atoms with Crippen molar-refractivity contribution < 1.29 is 52.8 Å². The molecule has 2 aliphatic heterocycles. The lowest BCUT2D eigenvalue weighted by molar-refractivity contribution is -0.375. The summed E-state index contributed by atoms with van der Waals surface area (Å²) >= 11 is 0. The van der Waals surface area contributed by atoms with Crippen LogP contribution in [-0.2, 0) is 75.7 Å². The van der Waals surface area contributed by atoms with Gasteiger partial charge >= 0.3 is 0 Å². The first-order chi connectivity index (χ1) is 30.1. The van der Waals surface area contributed by atoms with Crippen LogP contribution in [0.1, 0.15) is 27.8 Å². The predicted molar refractivity (Wildman–Crippen MR) is 228 cm³/mol. The van der Waals surface area contributed by atoms with Crippen LogP contribution in [-0.4, -0.2) is 91.4 Å². The van der Waals surface area contributed by atoms with E-state index in [1.165, 1.54) is 0 Å². The predicted octanol–water partition coefficient (Wildman–Crippen LogP) is 6.94. The number of hydrogen-bond acceptors (Lipinski definition) is 11. The molecule has 0 aromatic heterocycles. The Balaban J connectivity index is 1.25. The van der Waals surface area contributed by atoms with Crippen molar-refractivity contribution in [1.82, 2.24) is 0 Å². The van der Waals surface area contributed by atoms with Gasteiger partial charge in [-0.05, 0) is 27.8 Å². The average Bonchev–Trinajstić information content (AvgIpc) is 3.32.